The molecule has 0 spiro atoms. The first kappa shape index (κ1) is 28.7. The molecule has 0 aliphatic heterocycles. The van der Waals surface area contributed by atoms with Crippen molar-refractivity contribution in [1.29, 1.82) is 0 Å². The van der Waals surface area contributed by atoms with Gasteiger partial charge in [0.25, 0.3) is 10.0 Å². The van der Waals surface area contributed by atoms with Crippen LogP contribution in [0, 0.1) is 6.92 Å². The summed E-state index contributed by atoms with van der Waals surface area (Å²) < 4.78 is 34.2. The Balaban J connectivity index is 2.05. The first-order chi connectivity index (χ1) is 18.1. The number of aryl methyl sites for hydroxylation is 2. The molecule has 0 fully saturated rings. The highest BCUT2D eigenvalue weighted by atomic mass is 32.2. The highest BCUT2D eigenvalue weighted by Gasteiger charge is 2.33. The normalized spacial score (nSPS) is 11.9. The van der Waals surface area contributed by atoms with Crippen molar-refractivity contribution in [2.24, 2.45) is 0 Å². The molecular weight excluding hydrogens is 502 g/mol. The maximum atomic E-state index is 13.9. The van der Waals surface area contributed by atoms with Crippen LogP contribution < -0.4 is 14.4 Å². The molecule has 2 amide bonds. The van der Waals surface area contributed by atoms with Crippen molar-refractivity contribution in [2.45, 2.75) is 44.7 Å². The number of hydrogen-bond acceptors (Lipinski definition) is 5. The smallest absolute Gasteiger partial charge is 0.264 e. The van der Waals surface area contributed by atoms with Gasteiger partial charge in [-0.1, -0.05) is 55.0 Å². The van der Waals surface area contributed by atoms with Crippen LogP contribution in [-0.4, -0.2) is 51.9 Å². The molecule has 0 bridgehead atoms. The quantitative estimate of drug-likeness (QED) is 0.400. The van der Waals surface area contributed by atoms with Gasteiger partial charge in [0.15, 0.2) is 0 Å². The van der Waals surface area contributed by atoms with Crippen LogP contribution in [0.2, 0.25) is 0 Å². The Hall–Kier alpha value is -3.85. The summed E-state index contributed by atoms with van der Waals surface area (Å²) in [7, 11) is -1.03. The van der Waals surface area contributed by atoms with Crippen LogP contribution in [0.3, 0.4) is 0 Å². The maximum absolute atomic E-state index is 13.9. The largest absolute Gasteiger partial charge is 0.497 e. The van der Waals surface area contributed by atoms with Crippen molar-refractivity contribution in [3.8, 4) is 5.75 Å². The van der Waals surface area contributed by atoms with Crippen molar-refractivity contribution in [1.82, 2.24) is 10.2 Å². The zero-order valence-corrected chi connectivity index (χ0v) is 23.3. The number of para-hydroxylation sites is 1. The molecule has 3 aromatic carbocycles. The van der Waals surface area contributed by atoms with Gasteiger partial charge in [-0.2, -0.15) is 0 Å². The Morgan fingerprint density at radius 2 is 1.61 bits per heavy atom. The van der Waals surface area contributed by atoms with E-state index in [9.17, 15) is 18.0 Å². The van der Waals surface area contributed by atoms with Crippen molar-refractivity contribution < 1.29 is 22.7 Å². The molecule has 0 saturated heterocycles. The van der Waals surface area contributed by atoms with Crippen LogP contribution >= 0.6 is 0 Å². The van der Waals surface area contributed by atoms with Crippen LogP contribution in [-0.2, 0) is 32.6 Å². The predicted molar refractivity (Wildman–Crippen MR) is 149 cm³/mol. The van der Waals surface area contributed by atoms with E-state index in [1.807, 2.05) is 38.1 Å². The summed E-state index contributed by atoms with van der Waals surface area (Å²) in [5.41, 5.74) is 2.92. The number of carbonyl (C=O) groups is 2. The maximum Gasteiger partial charge on any atom is 0.264 e. The lowest BCUT2D eigenvalue weighted by molar-refractivity contribution is -0.139. The molecule has 8 nitrogen and oxygen atoms in total. The number of sulfonamides is 1. The van der Waals surface area contributed by atoms with Gasteiger partial charge in [-0.3, -0.25) is 13.9 Å². The van der Waals surface area contributed by atoms with E-state index in [0.29, 0.717) is 17.9 Å². The average Bonchev–Trinajstić information content (AvgIpc) is 2.94. The summed E-state index contributed by atoms with van der Waals surface area (Å²) in [6.45, 7) is 5.08. The average molecular weight is 538 g/mol. The summed E-state index contributed by atoms with van der Waals surface area (Å²) in [5, 5.41) is 2.58. The van der Waals surface area contributed by atoms with Crippen LogP contribution in [0.1, 0.15) is 30.5 Å². The molecule has 0 unspecified atom stereocenters. The fourth-order valence-corrected chi connectivity index (χ4v) is 5.58. The lowest BCUT2D eigenvalue weighted by Gasteiger charge is -2.32. The number of ether oxygens (including phenoxy) is 1. The number of methoxy groups -OCH3 is 1. The third-order valence-electron chi connectivity index (χ3n) is 6.45. The third-order valence-corrected chi connectivity index (χ3v) is 8.23. The summed E-state index contributed by atoms with van der Waals surface area (Å²) in [5.74, 6) is -0.190. The van der Waals surface area contributed by atoms with Gasteiger partial charge in [-0.25, -0.2) is 8.42 Å². The zero-order chi connectivity index (χ0) is 27.9. The Morgan fingerprint density at radius 3 is 2.18 bits per heavy atom. The molecule has 1 atom stereocenters. The van der Waals surface area contributed by atoms with Crippen molar-refractivity contribution in [3.63, 3.8) is 0 Å². The lowest BCUT2D eigenvalue weighted by atomic mass is 10.1. The van der Waals surface area contributed by atoms with Gasteiger partial charge in [-0.05, 0) is 61.7 Å². The molecule has 0 heterocycles. The molecule has 0 saturated carbocycles. The Labute approximate surface area is 225 Å². The van der Waals surface area contributed by atoms with E-state index in [1.165, 1.54) is 11.9 Å². The topological polar surface area (TPSA) is 96.0 Å². The number of nitrogens with one attached hydrogen (secondary N) is 1. The second-order valence-electron chi connectivity index (χ2n) is 8.97. The minimum atomic E-state index is -4.10. The first-order valence-corrected chi connectivity index (χ1v) is 13.9. The van der Waals surface area contributed by atoms with E-state index in [1.54, 1.807) is 62.6 Å². The molecular formula is C29H35N3O5S. The second kappa shape index (κ2) is 12.6. The number of hydrogen-bond donors (Lipinski definition) is 1. The molecule has 202 valence electrons. The summed E-state index contributed by atoms with van der Waals surface area (Å²) >= 11 is 0. The van der Waals surface area contributed by atoms with Crippen LogP contribution in [0.4, 0.5) is 5.69 Å². The van der Waals surface area contributed by atoms with E-state index < -0.39 is 28.5 Å². The van der Waals surface area contributed by atoms with Crippen molar-refractivity contribution in [2.75, 3.05) is 25.0 Å². The summed E-state index contributed by atoms with van der Waals surface area (Å²) in [6.07, 6.45) is 0.578. The Morgan fingerprint density at radius 1 is 0.974 bits per heavy atom. The van der Waals surface area contributed by atoms with Crippen LogP contribution in [0.5, 0.6) is 5.75 Å². The number of rotatable bonds is 11. The number of nitrogens with zero attached hydrogens (tertiary/aromatic N) is 2. The minimum Gasteiger partial charge on any atom is -0.497 e. The molecule has 0 aliphatic rings. The molecule has 0 aliphatic carbocycles. The van der Waals surface area contributed by atoms with E-state index in [2.05, 4.69) is 5.32 Å². The Kier molecular flexibility index (Phi) is 9.52. The first-order valence-electron chi connectivity index (χ1n) is 12.4. The third kappa shape index (κ3) is 6.52. The van der Waals surface area contributed by atoms with Gasteiger partial charge < -0.3 is 15.0 Å². The van der Waals surface area contributed by atoms with Crippen molar-refractivity contribution >= 4 is 27.5 Å². The fourth-order valence-electron chi connectivity index (χ4n) is 4.12. The molecule has 38 heavy (non-hydrogen) atoms. The molecule has 9 heteroatoms. The molecule has 0 aromatic heterocycles. The number of amides is 2. The zero-order valence-electron chi connectivity index (χ0n) is 22.5. The molecule has 3 aromatic rings. The van der Waals surface area contributed by atoms with Crippen LogP contribution in [0.15, 0.2) is 77.7 Å². The van der Waals surface area contributed by atoms with Gasteiger partial charge in [0.2, 0.25) is 11.8 Å². The lowest BCUT2D eigenvalue weighted by Crippen LogP contribution is -2.50. The fraction of sp³-hybridized carbons (Fsp3) is 0.310. The van der Waals surface area contributed by atoms with E-state index in [-0.39, 0.29) is 17.3 Å². The number of anilines is 1. The van der Waals surface area contributed by atoms with E-state index >= 15 is 0 Å². The second-order valence-corrected chi connectivity index (χ2v) is 10.8. The number of likely N-dealkylation sites (N-methyl/N-ethyl adjacent to an activating group) is 1. The monoisotopic (exact) mass is 537 g/mol. The minimum absolute atomic E-state index is 0.0860. The predicted octanol–water partition coefficient (Wildman–Crippen LogP) is 3.92. The van der Waals surface area contributed by atoms with Gasteiger partial charge in [0.1, 0.15) is 18.3 Å². The molecule has 3 rings (SSSR count). The van der Waals surface area contributed by atoms with Gasteiger partial charge >= 0.3 is 0 Å². The number of carbonyl (C=O) groups excluding carboxylic acids is 2. The highest BCUT2D eigenvalue weighted by Crippen LogP contribution is 2.28. The SMILES string of the molecule is CCc1ccccc1N(CC(=O)N(Cc1ccc(OC)cc1)[C@@H](C)C(=O)NC)S(=O)(=O)c1ccc(C)cc1. The Bertz CT molecular complexity index is 1360. The summed E-state index contributed by atoms with van der Waals surface area (Å²) in [6, 6.07) is 20.0. The highest BCUT2D eigenvalue weighted by molar-refractivity contribution is 7.92. The van der Waals surface area contributed by atoms with Crippen molar-refractivity contribution in [3.05, 3.63) is 89.5 Å². The number of benzene rings is 3. The summed E-state index contributed by atoms with van der Waals surface area (Å²) in [4.78, 5) is 27.9. The van der Waals surface area contributed by atoms with Gasteiger partial charge in [0, 0.05) is 13.6 Å². The van der Waals surface area contributed by atoms with E-state index in [4.69, 9.17) is 4.74 Å². The molecule has 1 N–H and O–H groups in total. The van der Waals surface area contributed by atoms with Gasteiger partial charge in [0.05, 0.1) is 17.7 Å². The molecule has 0 radical (unpaired) electrons. The standard InChI is InChI=1S/C29H35N3O5S/c1-6-24-9-7-8-10-27(24)32(38(35,36)26-17-11-21(2)12-18-26)20-28(33)31(22(3)29(34)30-4)19-23-13-15-25(37-5)16-14-23/h7-18,22H,6,19-20H2,1-5H3,(H,30,34)/t22-/m0/s1. The van der Waals surface area contributed by atoms with Gasteiger partial charge in [-0.15, -0.1) is 0 Å². The van der Waals surface area contributed by atoms with E-state index in [0.717, 1.165) is 21.0 Å². The van der Waals surface area contributed by atoms with Crippen LogP contribution in [0.25, 0.3) is 0 Å².